The fraction of sp³-hybridized carbons (Fsp3) is 0.211. The number of benzene rings is 2. The third kappa shape index (κ3) is 3.92. The quantitative estimate of drug-likeness (QED) is 0.613. The van der Waals surface area contributed by atoms with Crippen LogP contribution in [0.4, 0.5) is 0 Å². The average molecular weight is 337 g/mol. The second-order valence-electron chi connectivity index (χ2n) is 5.46. The van der Waals surface area contributed by atoms with E-state index < -0.39 is 0 Å². The van der Waals surface area contributed by atoms with Crippen LogP contribution in [0.25, 0.3) is 0 Å². The molecule has 1 aliphatic heterocycles. The molecule has 0 spiro atoms. The molecule has 0 aromatic heterocycles. The van der Waals surface area contributed by atoms with Gasteiger partial charge in [-0.3, -0.25) is 9.69 Å². The van der Waals surface area contributed by atoms with Crippen molar-refractivity contribution in [1.82, 2.24) is 4.90 Å². The Morgan fingerprint density at radius 1 is 1.08 bits per heavy atom. The van der Waals surface area contributed by atoms with Crippen LogP contribution >= 0.6 is 11.8 Å². The van der Waals surface area contributed by atoms with Crippen LogP contribution in [0.3, 0.4) is 0 Å². The van der Waals surface area contributed by atoms with E-state index in [9.17, 15) is 4.79 Å². The first-order chi connectivity index (χ1) is 11.8. The van der Waals surface area contributed by atoms with E-state index in [-0.39, 0.29) is 11.2 Å². The molecule has 2 aromatic rings. The van der Waals surface area contributed by atoms with Crippen molar-refractivity contribution < 1.29 is 4.79 Å². The number of rotatable bonds is 5. The molecular formula is C19H19N3OS. The monoisotopic (exact) mass is 337 g/mol. The fourth-order valence-electron chi connectivity index (χ4n) is 2.44. The first kappa shape index (κ1) is 16.5. The van der Waals surface area contributed by atoms with Crippen molar-refractivity contribution in [3.8, 4) is 0 Å². The van der Waals surface area contributed by atoms with Gasteiger partial charge in [-0.1, -0.05) is 79.3 Å². The van der Waals surface area contributed by atoms with Crippen LogP contribution in [0, 0.1) is 0 Å². The second kappa shape index (κ2) is 7.93. The summed E-state index contributed by atoms with van der Waals surface area (Å²) in [4.78, 5) is 14.3. The number of thioether (sulfide) groups is 1. The Balaban J connectivity index is 1.79. The molecule has 1 atom stereocenters. The summed E-state index contributed by atoms with van der Waals surface area (Å²) >= 11 is 1.49. The lowest BCUT2D eigenvalue weighted by Gasteiger charge is -2.15. The molecule has 2 aromatic carbocycles. The molecule has 1 fully saturated rings. The average Bonchev–Trinajstić information content (AvgIpc) is 2.92. The van der Waals surface area contributed by atoms with E-state index in [4.69, 9.17) is 0 Å². The first-order valence-electron chi connectivity index (χ1n) is 7.96. The minimum absolute atomic E-state index is 0.0700. The van der Waals surface area contributed by atoms with Crippen molar-refractivity contribution in [2.24, 2.45) is 10.2 Å². The molecule has 1 aliphatic rings. The molecule has 0 N–H and O–H groups in total. The van der Waals surface area contributed by atoms with E-state index in [0.717, 1.165) is 17.5 Å². The Kier molecular flexibility index (Phi) is 5.43. The highest BCUT2D eigenvalue weighted by atomic mass is 32.2. The SMILES string of the molecule is CC[C@H]1S/C(=N/N=C\c2ccccc2)N(Cc2ccccc2)C1=O. The number of nitrogens with zero attached hydrogens (tertiary/aromatic N) is 3. The molecule has 122 valence electrons. The van der Waals surface area contributed by atoms with Gasteiger partial charge in [0.15, 0.2) is 5.17 Å². The largest absolute Gasteiger partial charge is 0.284 e. The van der Waals surface area contributed by atoms with Gasteiger partial charge in [0.2, 0.25) is 5.91 Å². The van der Waals surface area contributed by atoms with Crippen LogP contribution in [0.1, 0.15) is 24.5 Å². The van der Waals surface area contributed by atoms with Crippen LogP contribution < -0.4 is 0 Å². The molecule has 24 heavy (non-hydrogen) atoms. The van der Waals surface area contributed by atoms with Crippen LogP contribution in [0.2, 0.25) is 0 Å². The Bertz CT molecular complexity index is 744. The fourth-order valence-corrected chi connectivity index (χ4v) is 3.47. The summed E-state index contributed by atoms with van der Waals surface area (Å²) in [6, 6.07) is 19.8. The van der Waals surface area contributed by atoms with Gasteiger partial charge < -0.3 is 0 Å². The number of hydrogen-bond acceptors (Lipinski definition) is 4. The predicted octanol–water partition coefficient (Wildman–Crippen LogP) is 3.93. The molecule has 3 rings (SSSR count). The van der Waals surface area contributed by atoms with Crippen molar-refractivity contribution in [2.45, 2.75) is 25.1 Å². The number of carbonyl (C=O) groups is 1. The highest BCUT2D eigenvalue weighted by molar-refractivity contribution is 8.15. The van der Waals surface area contributed by atoms with Gasteiger partial charge in [-0.2, -0.15) is 5.10 Å². The van der Waals surface area contributed by atoms with E-state index in [0.29, 0.717) is 11.7 Å². The first-order valence-corrected chi connectivity index (χ1v) is 8.84. The highest BCUT2D eigenvalue weighted by Gasteiger charge is 2.36. The van der Waals surface area contributed by atoms with Gasteiger partial charge >= 0.3 is 0 Å². The number of carbonyl (C=O) groups excluding carboxylic acids is 1. The topological polar surface area (TPSA) is 45.0 Å². The molecule has 0 saturated carbocycles. The summed E-state index contributed by atoms with van der Waals surface area (Å²) in [5, 5.41) is 9.07. The molecule has 4 nitrogen and oxygen atoms in total. The molecule has 1 saturated heterocycles. The van der Waals surface area contributed by atoms with Gasteiger partial charge in [0, 0.05) is 0 Å². The van der Waals surface area contributed by atoms with Gasteiger partial charge in [0.05, 0.1) is 18.0 Å². The smallest absolute Gasteiger partial charge is 0.242 e. The number of amidine groups is 1. The lowest BCUT2D eigenvalue weighted by atomic mass is 10.2. The summed E-state index contributed by atoms with van der Waals surface area (Å²) in [5.74, 6) is 0.111. The molecule has 5 heteroatoms. The summed E-state index contributed by atoms with van der Waals surface area (Å²) in [5.41, 5.74) is 2.07. The van der Waals surface area contributed by atoms with Crippen molar-refractivity contribution >= 4 is 29.1 Å². The summed E-state index contributed by atoms with van der Waals surface area (Å²) in [6.45, 7) is 2.55. The van der Waals surface area contributed by atoms with Gasteiger partial charge in [0.25, 0.3) is 0 Å². The van der Waals surface area contributed by atoms with Crippen molar-refractivity contribution in [2.75, 3.05) is 0 Å². The number of hydrogen-bond donors (Lipinski definition) is 0. The maximum atomic E-state index is 12.6. The van der Waals surface area contributed by atoms with E-state index in [1.807, 2.05) is 67.6 Å². The van der Waals surface area contributed by atoms with E-state index in [2.05, 4.69) is 10.2 Å². The van der Waals surface area contributed by atoms with Crippen LogP contribution in [-0.4, -0.2) is 27.4 Å². The van der Waals surface area contributed by atoms with Gasteiger partial charge in [-0.05, 0) is 17.5 Å². The Morgan fingerprint density at radius 2 is 1.75 bits per heavy atom. The predicted molar refractivity (Wildman–Crippen MR) is 100 cm³/mol. The highest BCUT2D eigenvalue weighted by Crippen LogP contribution is 2.30. The van der Waals surface area contributed by atoms with Crippen LogP contribution in [-0.2, 0) is 11.3 Å². The molecule has 0 bridgehead atoms. The zero-order valence-corrected chi connectivity index (χ0v) is 14.3. The molecule has 0 aliphatic carbocycles. The standard InChI is InChI=1S/C19H19N3OS/c1-2-17-18(23)22(14-16-11-7-4-8-12-16)19(24-17)21-20-13-15-9-5-3-6-10-15/h3-13,17H,2,14H2,1H3/b20-13-,21-19+/t17-/m1/s1. The van der Waals surface area contributed by atoms with E-state index >= 15 is 0 Å². The van der Waals surface area contributed by atoms with Crippen molar-refractivity contribution in [3.63, 3.8) is 0 Å². The van der Waals surface area contributed by atoms with Gasteiger partial charge in [-0.15, -0.1) is 5.10 Å². The molecule has 1 amide bonds. The van der Waals surface area contributed by atoms with Gasteiger partial charge in [0.1, 0.15) is 0 Å². The molecule has 0 radical (unpaired) electrons. The van der Waals surface area contributed by atoms with Crippen LogP contribution in [0.15, 0.2) is 70.9 Å². The minimum atomic E-state index is -0.0700. The molecule has 0 unspecified atom stereocenters. The third-order valence-electron chi connectivity index (χ3n) is 3.72. The maximum absolute atomic E-state index is 12.6. The van der Waals surface area contributed by atoms with Crippen molar-refractivity contribution in [3.05, 3.63) is 71.8 Å². The lowest BCUT2D eigenvalue weighted by Crippen LogP contribution is -2.31. The van der Waals surface area contributed by atoms with E-state index in [1.165, 1.54) is 11.8 Å². The third-order valence-corrected chi connectivity index (χ3v) is 5.06. The Hall–Kier alpha value is -2.40. The van der Waals surface area contributed by atoms with Gasteiger partial charge in [-0.25, -0.2) is 0 Å². The minimum Gasteiger partial charge on any atom is -0.284 e. The lowest BCUT2D eigenvalue weighted by molar-refractivity contribution is -0.126. The molecule has 1 heterocycles. The van der Waals surface area contributed by atoms with E-state index in [1.54, 1.807) is 11.1 Å². The zero-order chi connectivity index (χ0) is 16.8. The summed E-state index contributed by atoms with van der Waals surface area (Å²) in [6.07, 6.45) is 2.49. The Morgan fingerprint density at radius 3 is 2.42 bits per heavy atom. The maximum Gasteiger partial charge on any atom is 0.242 e. The summed E-state index contributed by atoms with van der Waals surface area (Å²) < 4.78 is 0. The normalized spacial score (nSPS) is 19.5. The zero-order valence-electron chi connectivity index (χ0n) is 13.5. The van der Waals surface area contributed by atoms with Crippen molar-refractivity contribution in [1.29, 1.82) is 0 Å². The van der Waals surface area contributed by atoms with Crippen LogP contribution in [0.5, 0.6) is 0 Å². The molecular weight excluding hydrogens is 318 g/mol. The number of amides is 1. The summed E-state index contributed by atoms with van der Waals surface area (Å²) in [7, 11) is 0. The Labute approximate surface area is 146 Å². The second-order valence-corrected chi connectivity index (χ2v) is 6.63.